The third-order valence-electron chi connectivity index (χ3n) is 2.63. The fraction of sp³-hybridized carbons (Fsp3) is 0.0769. The lowest BCUT2D eigenvalue weighted by molar-refractivity contribution is 0.0698. The summed E-state index contributed by atoms with van der Waals surface area (Å²) >= 11 is 0. The molecule has 4 nitrogen and oxygen atoms in total. The summed E-state index contributed by atoms with van der Waals surface area (Å²) in [5, 5.41) is 9.18. The molecule has 0 aliphatic rings. The highest BCUT2D eigenvalue weighted by atomic mass is 16.4. The topological polar surface area (TPSA) is 76.2 Å². The zero-order valence-corrected chi connectivity index (χ0v) is 9.34. The molecule has 0 radical (unpaired) electrons. The van der Waals surface area contributed by atoms with Crippen LogP contribution in [0.5, 0.6) is 0 Å². The second kappa shape index (κ2) is 4.25. The zero-order chi connectivity index (χ0) is 12.4. The van der Waals surface area contributed by atoms with Crippen molar-refractivity contribution in [3.8, 4) is 11.1 Å². The van der Waals surface area contributed by atoms with Crippen LogP contribution in [0, 0.1) is 6.92 Å². The lowest BCUT2D eigenvalue weighted by Gasteiger charge is -2.10. The molecule has 0 aliphatic heterocycles. The zero-order valence-electron chi connectivity index (χ0n) is 9.34. The van der Waals surface area contributed by atoms with E-state index in [-0.39, 0.29) is 11.4 Å². The highest BCUT2D eigenvalue weighted by Crippen LogP contribution is 2.28. The number of nitrogens with zero attached hydrogens (tertiary/aromatic N) is 1. The fourth-order valence-corrected chi connectivity index (χ4v) is 1.80. The number of carboxylic acid groups (broad SMARTS) is 1. The maximum Gasteiger partial charge on any atom is 0.340 e. The quantitative estimate of drug-likeness (QED) is 0.827. The van der Waals surface area contributed by atoms with Gasteiger partial charge in [-0.1, -0.05) is 24.3 Å². The Balaban J connectivity index is 2.72. The van der Waals surface area contributed by atoms with Crippen molar-refractivity contribution in [1.82, 2.24) is 4.98 Å². The molecule has 0 atom stereocenters. The van der Waals surface area contributed by atoms with E-state index in [1.54, 1.807) is 6.07 Å². The Morgan fingerprint density at radius 1 is 1.24 bits per heavy atom. The number of carbonyl (C=O) groups is 1. The van der Waals surface area contributed by atoms with Crippen LogP contribution < -0.4 is 5.73 Å². The molecular weight excluding hydrogens is 216 g/mol. The molecule has 0 aliphatic carbocycles. The molecule has 4 heteroatoms. The number of benzene rings is 1. The van der Waals surface area contributed by atoms with Gasteiger partial charge in [-0.15, -0.1) is 0 Å². The molecule has 0 spiro atoms. The number of aromatic carboxylic acids is 1. The van der Waals surface area contributed by atoms with Crippen LogP contribution in [0.15, 0.2) is 36.5 Å². The Labute approximate surface area is 98.7 Å². The van der Waals surface area contributed by atoms with Crippen molar-refractivity contribution < 1.29 is 9.90 Å². The first-order valence-corrected chi connectivity index (χ1v) is 5.15. The first-order valence-electron chi connectivity index (χ1n) is 5.15. The number of nitrogen functional groups attached to an aromatic ring is 1. The van der Waals surface area contributed by atoms with Gasteiger partial charge in [0.15, 0.2) is 0 Å². The number of aromatic nitrogens is 1. The molecule has 86 valence electrons. The molecule has 0 amide bonds. The van der Waals surface area contributed by atoms with Gasteiger partial charge in [0.2, 0.25) is 0 Å². The van der Waals surface area contributed by atoms with Crippen molar-refractivity contribution in [3.05, 3.63) is 47.7 Å². The molecule has 0 fully saturated rings. The number of hydrogen-bond acceptors (Lipinski definition) is 3. The molecule has 17 heavy (non-hydrogen) atoms. The molecule has 0 saturated heterocycles. The first-order chi connectivity index (χ1) is 8.11. The number of carboxylic acids is 1. The number of hydrogen-bond donors (Lipinski definition) is 2. The summed E-state index contributed by atoms with van der Waals surface area (Å²) in [6, 6.07) is 9.24. The molecular formula is C13H12N2O2. The number of rotatable bonds is 2. The van der Waals surface area contributed by atoms with Gasteiger partial charge >= 0.3 is 5.97 Å². The molecule has 0 saturated carbocycles. The maximum absolute atomic E-state index is 11.2. The normalized spacial score (nSPS) is 10.2. The van der Waals surface area contributed by atoms with Gasteiger partial charge in [0.25, 0.3) is 0 Å². The molecule has 2 rings (SSSR count). The third kappa shape index (κ3) is 1.97. The minimum atomic E-state index is -1.06. The first kappa shape index (κ1) is 11.1. The van der Waals surface area contributed by atoms with Crippen molar-refractivity contribution >= 4 is 11.8 Å². The third-order valence-corrected chi connectivity index (χ3v) is 2.63. The van der Waals surface area contributed by atoms with E-state index in [2.05, 4.69) is 4.98 Å². The van der Waals surface area contributed by atoms with Crippen molar-refractivity contribution in [1.29, 1.82) is 0 Å². The van der Waals surface area contributed by atoms with Gasteiger partial charge < -0.3 is 10.8 Å². The Hall–Kier alpha value is -2.36. The standard InChI is InChI=1S/C13H12N2O2/c1-8-4-2-3-5-9(8)10-6-7-15-12(14)11(10)13(16)17/h2-7H,1H3,(H2,14,15)(H,16,17). The minimum absolute atomic E-state index is 0.0400. The minimum Gasteiger partial charge on any atom is -0.478 e. The predicted octanol–water partition coefficient (Wildman–Crippen LogP) is 2.34. The van der Waals surface area contributed by atoms with Crippen LogP contribution in [0.2, 0.25) is 0 Å². The average Bonchev–Trinajstić information content (AvgIpc) is 2.28. The molecule has 1 aromatic heterocycles. The van der Waals surface area contributed by atoms with E-state index in [9.17, 15) is 9.90 Å². The van der Waals surface area contributed by atoms with Gasteiger partial charge in [0, 0.05) is 11.8 Å². The van der Waals surface area contributed by atoms with Gasteiger partial charge in [-0.2, -0.15) is 0 Å². The van der Waals surface area contributed by atoms with Gasteiger partial charge in [-0.05, 0) is 24.1 Å². The second-order valence-corrected chi connectivity index (χ2v) is 3.74. The summed E-state index contributed by atoms with van der Waals surface area (Å²) in [4.78, 5) is 15.0. The summed E-state index contributed by atoms with van der Waals surface area (Å²) in [6.45, 7) is 1.93. The van der Waals surface area contributed by atoms with Crippen LogP contribution in [0.1, 0.15) is 15.9 Å². The van der Waals surface area contributed by atoms with Crippen LogP contribution in [0.25, 0.3) is 11.1 Å². The molecule has 1 heterocycles. The molecule has 1 aromatic carbocycles. The van der Waals surface area contributed by atoms with E-state index in [0.29, 0.717) is 5.56 Å². The summed E-state index contributed by atoms with van der Waals surface area (Å²) in [5.74, 6) is -1.02. The SMILES string of the molecule is Cc1ccccc1-c1ccnc(N)c1C(=O)O. The Kier molecular flexibility index (Phi) is 2.78. The van der Waals surface area contributed by atoms with Gasteiger partial charge in [0.05, 0.1) is 0 Å². The second-order valence-electron chi connectivity index (χ2n) is 3.74. The van der Waals surface area contributed by atoms with Crippen LogP contribution in [-0.4, -0.2) is 16.1 Å². The molecule has 2 aromatic rings. The van der Waals surface area contributed by atoms with Crippen molar-refractivity contribution in [2.75, 3.05) is 5.73 Å². The van der Waals surface area contributed by atoms with Crippen LogP contribution >= 0.6 is 0 Å². The van der Waals surface area contributed by atoms with Crippen molar-refractivity contribution in [2.45, 2.75) is 6.92 Å². The number of aryl methyl sites for hydroxylation is 1. The Morgan fingerprint density at radius 2 is 1.94 bits per heavy atom. The van der Waals surface area contributed by atoms with E-state index >= 15 is 0 Å². The van der Waals surface area contributed by atoms with Gasteiger partial charge in [0.1, 0.15) is 11.4 Å². The number of nitrogens with two attached hydrogens (primary N) is 1. The maximum atomic E-state index is 11.2. The van der Waals surface area contributed by atoms with E-state index in [1.165, 1.54) is 6.20 Å². The van der Waals surface area contributed by atoms with Crippen LogP contribution in [0.4, 0.5) is 5.82 Å². The van der Waals surface area contributed by atoms with E-state index < -0.39 is 5.97 Å². The van der Waals surface area contributed by atoms with Crippen molar-refractivity contribution in [2.24, 2.45) is 0 Å². The van der Waals surface area contributed by atoms with E-state index in [0.717, 1.165) is 11.1 Å². The highest BCUT2D eigenvalue weighted by Gasteiger charge is 2.16. The Bertz CT molecular complexity index is 579. The lowest BCUT2D eigenvalue weighted by Crippen LogP contribution is -2.07. The highest BCUT2D eigenvalue weighted by molar-refractivity contribution is 6.00. The van der Waals surface area contributed by atoms with Crippen LogP contribution in [-0.2, 0) is 0 Å². The monoisotopic (exact) mass is 228 g/mol. The lowest BCUT2D eigenvalue weighted by atomic mass is 9.97. The molecule has 0 bridgehead atoms. The van der Waals surface area contributed by atoms with Gasteiger partial charge in [-0.3, -0.25) is 0 Å². The summed E-state index contributed by atoms with van der Waals surface area (Å²) in [7, 11) is 0. The average molecular weight is 228 g/mol. The molecule has 0 unspecified atom stereocenters. The Morgan fingerprint density at radius 3 is 2.59 bits per heavy atom. The predicted molar refractivity (Wildman–Crippen MR) is 65.8 cm³/mol. The van der Waals surface area contributed by atoms with Crippen molar-refractivity contribution in [3.63, 3.8) is 0 Å². The van der Waals surface area contributed by atoms with Crippen LogP contribution in [0.3, 0.4) is 0 Å². The smallest absolute Gasteiger partial charge is 0.340 e. The largest absolute Gasteiger partial charge is 0.478 e. The number of pyridine rings is 1. The summed E-state index contributed by atoms with van der Waals surface area (Å²) < 4.78 is 0. The fourth-order valence-electron chi connectivity index (χ4n) is 1.80. The van der Waals surface area contributed by atoms with E-state index in [1.807, 2.05) is 31.2 Å². The number of anilines is 1. The van der Waals surface area contributed by atoms with Gasteiger partial charge in [-0.25, -0.2) is 9.78 Å². The van der Waals surface area contributed by atoms with E-state index in [4.69, 9.17) is 5.73 Å². The summed E-state index contributed by atoms with van der Waals surface area (Å²) in [5.41, 5.74) is 8.14. The molecule has 3 N–H and O–H groups in total. The summed E-state index contributed by atoms with van der Waals surface area (Å²) in [6.07, 6.45) is 1.52.